The second-order valence-electron chi connectivity index (χ2n) is 9.09. The first kappa shape index (κ1) is 26.2. The molecule has 1 N–H and O–H groups in total. The zero-order chi connectivity index (χ0) is 25.8. The van der Waals surface area contributed by atoms with Crippen LogP contribution in [0.2, 0.25) is 0 Å². The summed E-state index contributed by atoms with van der Waals surface area (Å²) >= 11 is 2.78. The van der Waals surface area contributed by atoms with Crippen molar-refractivity contribution in [2.45, 2.75) is 58.2 Å². The van der Waals surface area contributed by atoms with E-state index in [4.69, 9.17) is 9.47 Å². The third kappa shape index (κ3) is 5.92. The van der Waals surface area contributed by atoms with Crippen molar-refractivity contribution < 1.29 is 19.1 Å². The van der Waals surface area contributed by atoms with Crippen LogP contribution in [0.5, 0.6) is 5.75 Å². The monoisotopic (exact) mass is 528 g/mol. The molecular formula is C26H32N4O4S2. The number of hydrogen-bond donors (Lipinski definition) is 1. The number of nitrogens with zero attached hydrogens (tertiary/aromatic N) is 3. The second kappa shape index (κ2) is 11.5. The van der Waals surface area contributed by atoms with E-state index in [1.807, 2.05) is 49.7 Å². The van der Waals surface area contributed by atoms with Crippen LogP contribution in [-0.2, 0) is 29.4 Å². The lowest BCUT2D eigenvalue weighted by Crippen LogP contribution is -2.18. The van der Waals surface area contributed by atoms with E-state index in [2.05, 4.69) is 22.4 Å². The number of benzene rings is 1. The molecule has 0 spiro atoms. The SMILES string of the molecule is CCOC(=O)c1c(NC(=O)CSc2nnc(C(C)Oc3cccc(C)c3)n2C)sc2c1CCC(C)C2. The van der Waals surface area contributed by atoms with Gasteiger partial charge in [0.05, 0.1) is 17.9 Å². The van der Waals surface area contributed by atoms with E-state index in [0.29, 0.717) is 34.1 Å². The fourth-order valence-electron chi connectivity index (χ4n) is 4.30. The fourth-order valence-corrected chi connectivity index (χ4v) is 6.44. The molecule has 10 heteroatoms. The van der Waals surface area contributed by atoms with Gasteiger partial charge >= 0.3 is 5.97 Å². The normalized spacial score (nSPS) is 15.8. The predicted molar refractivity (Wildman–Crippen MR) is 142 cm³/mol. The average Bonchev–Trinajstić information content (AvgIpc) is 3.37. The number of thiophene rings is 1. The molecule has 1 aromatic carbocycles. The van der Waals surface area contributed by atoms with Crippen molar-refractivity contribution in [1.29, 1.82) is 0 Å². The van der Waals surface area contributed by atoms with Gasteiger partial charge in [0.25, 0.3) is 0 Å². The van der Waals surface area contributed by atoms with E-state index in [9.17, 15) is 9.59 Å². The van der Waals surface area contributed by atoms with E-state index < -0.39 is 0 Å². The zero-order valence-corrected chi connectivity index (χ0v) is 22.9. The van der Waals surface area contributed by atoms with Gasteiger partial charge in [0, 0.05) is 11.9 Å². The number of nitrogens with one attached hydrogen (secondary N) is 1. The minimum atomic E-state index is -0.368. The largest absolute Gasteiger partial charge is 0.483 e. The van der Waals surface area contributed by atoms with Gasteiger partial charge in [0.1, 0.15) is 10.8 Å². The lowest BCUT2D eigenvalue weighted by molar-refractivity contribution is -0.113. The van der Waals surface area contributed by atoms with Gasteiger partial charge in [-0.05, 0) is 69.2 Å². The Morgan fingerprint density at radius 3 is 2.89 bits per heavy atom. The molecule has 0 radical (unpaired) electrons. The number of thioether (sulfide) groups is 1. The van der Waals surface area contributed by atoms with E-state index in [1.54, 1.807) is 6.92 Å². The molecule has 8 nitrogen and oxygen atoms in total. The molecule has 4 rings (SSSR count). The highest BCUT2D eigenvalue weighted by Gasteiger charge is 2.29. The Labute approximate surface area is 219 Å². The Hall–Kier alpha value is -2.85. The van der Waals surface area contributed by atoms with Crippen LogP contribution in [0.15, 0.2) is 29.4 Å². The molecule has 3 aromatic rings. The summed E-state index contributed by atoms with van der Waals surface area (Å²) in [4.78, 5) is 26.7. The minimum Gasteiger partial charge on any atom is -0.483 e. The molecule has 36 heavy (non-hydrogen) atoms. The van der Waals surface area contributed by atoms with Gasteiger partial charge in [0.15, 0.2) is 17.1 Å². The Morgan fingerprint density at radius 1 is 1.33 bits per heavy atom. The summed E-state index contributed by atoms with van der Waals surface area (Å²) in [6, 6.07) is 7.85. The first-order chi connectivity index (χ1) is 17.3. The van der Waals surface area contributed by atoms with Gasteiger partial charge < -0.3 is 19.4 Å². The third-order valence-electron chi connectivity index (χ3n) is 6.11. The number of amides is 1. The molecule has 2 atom stereocenters. The number of ether oxygens (including phenoxy) is 2. The van der Waals surface area contributed by atoms with Gasteiger partial charge in [-0.1, -0.05) is 30.8 Å². The van der Waals surface area contributed by atoms with Gasteiger partial charge in [-0.3, -0.25) is 4.79 Å². The third-order valence-corrected chi connectivity index (χ3v) is 8.30. The first-order valence-corrected chi connectivity index (χ1v) is 13.9. The number of esters is 1. The van der Waals surface area contributed by atoms with Crippen molar-refractivity contribution in [3.05, 3.63) is 51.7 Å². The highest BCUT2D eigenvalue weighted by molar-refractivity contribution is 7.99. The molecule has 2 heterocycles. The lowest BCUT2D eigenvalue weighted by atomic mass is 9.88. The Balaban J connectivity index is 1.41. The van der Waals surface area contributed by atoms with Crippen molar-refractivity contribution in [2.24, 2.45) is 13.0 Å². The number of carbonyl (C=O) groups is 2. The summed E-state index contributed by atoms with van der Waals surface area (Å²) in [5, 5.41) is 12.7. The summed E-state index contributed by atoms with van der Waals surface area (Å²) in [5.74, 6) is 1.57. The lowest BCUT2D eigenvalue weighted by Gasteiger charge is -2.18. The predicted octanol–water partition coefficient (Wildman–Crippen LogP) is 5.36. The van der Waals surface area contributed by atoms with Gasteiger partial charge in [-0.15, -0.1) is 21.5 Å². The van der Waals surface area contributed by atoms with Crippen molar-refractivity contribution in [2.75, 3.05) is 17.7 Å². The molecule has 192 valence electrons. The molecule has 2 aromatic heterocycles. The van der Waals surface area contributed by atoms with Crippen LogP contribution in [0.25, 0.3) is 0 Å². The summed E-state index contributed by atoms with van der Waals surface area (Å²) in [5.41, 5.74) is 2.66. The summed E-state index contributed by atoms with van der Waals surface area (Å²) in [6.45, 7) is 8.23. The quantitative estimate of drug-likeness (QED) is 0.295. The second-order valence-corrected chi connectivity index (χ2v) is 11.1. The Kier molecular flexibility index (Phi) is 8.35. The van der Waals surface area contributed by atoms with Gasteiger partial charge in [-0.25, -0.2) is 4.79 Å². The number of rotatable bonds is 9. The van der Waals surface area contributed by atoms with Crippen LogP contribution >= 0.6 is 23.1 Å². The van der Waals surface area contributed by atoms with Crippen LogP contribution in [0.1, 0.15) is 65.5 Å². The molecule has 0 saturated carbocycles. The van der Waals surface area contributed by atoms with Crippen molar-refractivity contribution in [3.8, 4) is 5.75 Å². The number of anilines is 1. The molecule has 0 fully saturated rings. The van der Waals surface area contributed by atoms with Crippen molar-refractivity contribution >= 4 is 40.0 Å². The highest BCUT2D eigenvalue weighted by atomic mass is 32.2. The van der Waals surface area contributed by atoms with E-state index in [0.717, 1.165) is 36.1 Å². The number of carbonyl (C=O) groups excluding carboxylic acids is 2. The molecule has 1 aliphatic carbocycles. The molecule has 0 saturated heterocycles. The van der Waals surface area contributed by atoms with Crippen LogP contribution in [-0.4, -0.2) is 39.0 Å². The number of hydrogen-bond acceptors (Lipinski definition) is 8. The average molecular weight is 529 g/mol. The van der Waals surface area contributed by atoms with Gasteiger partial charge in [0.2, 0.25) is 5.91 Å². The van der Waals surface area contributed by atoms with Crippen molar-refractivity contribution in [3.63, 3.8) is 0 Å². The first-order valence-electron chi connectivity index (χ1n) is 12.1. The van der Waals surface area contributed by atoms with Crippen LogP contribution in [0.3, 0.4) is 0 Å². The Bertz CT molecular complexity index is 1250. The van der Waals surface area contributed by atoms with Gasteiger partial charge in [-0.2, -0.15) is 0 Å². The molecule has 2 unspecified atom stereocenters. The maximum atomic E-state index is 12.9. The number of fused-ring (bicyclic) bond motifs is 1. The molecule has 0 aliphatic heterocycles. The smallest absolute Gasteiger partial charge is 0.341 e. The topological polar surface area (TPSA) is 95.3 Å². The zero-order valence-electron chi connectivity index (χ0n) is 21.3. The fraction of sp³-hybridized carbons (Fsp3) is 0.462. The maximum Gasteiger partial charge on any atom is 0.341 e. The van der Waals surface area contributed by atoms with Crippen LogP contribution < -0.4 is 10.1 Å². The minimum absolute atomic E-state index is 0.139. The number of aryl methyl sites for hydroxylation is 1. The van der Waals surface area contributed by atoms with E-state index in [-0.39, 0.29) is 23.7 Å². The summed E-state index contributed by atoms with van der Waals surface area (Å²) in [7, 11) is 1.86. The Morgan fingerprint density at radius 2 is 2.14 bits per heavy atom. The maximum absolute atomic E-state index is 12.9. The summed E-state index contributed by atoms with van der Waals surface area (Å²) < 4.78 is 13.2. The molecule has 0 bridgehead atoms. The molecule has 1 aliphatic rings. The standard InChI is InChI=1S/C26H32N4O4S2/c1-6-33-25(32)22-19-11-10-16(3)13-20(19)36-24(22)27-21(31)14-35-26-29-28-23(30(26)5)17(4)34-18-9-7-8-15(2)12-18/h7-9,12,16-17H,6,10-11,13-14H2,1-5H3,(H,27,31). The van der Waals surface area contributed by atoms with Crippen molar-refractivity contribution in [1.82, 2.24) is 14.8 Å². The molecular weight excluding hydrogens is 496 g/mol. The number of aromatic nitrogens is 3. The molecule has 1 amide bonds. The van der Waals surface area contributed by atoms with E-state index in [1.165, 1.54) is 28.0 Å². The van der Waals surface area contributed by atoms with Crippen LogP contribution in [0.4, 0.5) is 5.00 Å². The van der Waals surface area contributed by atoms with Crippen LogP contribution in [0, 0.1) is 12.8 Å². The highest BCUT2D eigenvalue weighted by Crippen LogP contribution is 2.40. The van der Waals surface area contributed by atoms with E-state index >= 15 is 0 Å². The summed E-state index contributed by atoms with van der Waals surface area (Å²) in [6.07, 6.45) is 2.47.